The Kier molecular flexibility index (Phi) is 4.29. The van der Waals surface area contributed by atoms with Crippen molar-refractivity contribution in [3.05, 3.63) is 52.0 Å². The second kappa shape index (κ2) is 5.94. The van der Waals surface area contributed by atoms with Gasteiger partial charge in [0.05, 0.1) is 11.6 Å². The highest BCUT2D eigenvalue weighted by Crippen LogP contribution is 2.25. The van der Waals surface area contributed by atoms with Gasteiger partial charge in [-0.05, 0) is 25.5 Å². The second-order valence-corrected chi connectivity index (χ2v) is 5.12. The van der Waals surface area contributed by atoms with Gasteiger partial charge in [-0.3, -0.25) is 4.98 Å². The minimum atomic E-state index is 0.281. The van der Waals surface area contributed by atoms with Crippen LogP contribution in [0.3, 0.4) is 0 Å². The third-order valence-corrected chi connectivity index (χ3v) is 3.59. The molecule has 17 heavy (non-hydrogen) atoms. The lowest BCUT2D eigenvalue weighted by Crippen LogP contribution is -2.22. The number of nitrogens with zero attached hydrogens (tertiary/aromatic N) is 1. The molecular weight excluding hydrogens is 228 g/mol. The van der Waals surface area contributed by atoms with Crippen LogP contribution in [0.5, 0.6) is 0 Å². The highest BCUT2D eigenvalue weighted by molar-refractivity contribution is 7.09. The third-order valence-electron chi connectivity index (χ3n) is 2.75. The van der Waals surface area contributed by atoms with E-state index in [-0.39, 0.29) is 6.04 Å². The molecule has 1 heterocycles. The van der Waals surface area contributed by atoms with Crippen LogP contribution in [-0.2, 0) is 0 Å². The summed E-state index contributed by atoms with van der Waals surface area (Å²) >= 11 is 1.71. The molecule has 0 saturated carbocycles. The van der Waals surface area contributed by atoms with Crippen molar-refractivity contribution in [2.24, 2.45) is 0 Å². The summed E-state index contributed by atoms with van der Waals surface area (Å²) in [5.74, 6) is 0. The van der Waals surface area contributed by atoms with E-state index < -0.39 is 0 Å². The van der Waals surface area contributed by atoms with Crippen LogP contribution in [0.15, 0.2) is 36.0 Å². The largest absolute Gasteiger partial charge is 0.306 e. The smallest absolute Gasteiger partial charge is 0.0794 e. The summed E-state index contributed by atoms with van der Waals surface area (Å²) in [6.07, 6.45) is 3.10. The zero-order chi connectivity index (χ0) is 12.1. The Labute approximate surface area is 107 Å². The fraction of sp³-hybridized carbons (Fsp3) is 0.357. The molecule has 2 aromatic rings. The first-order valence-electron chi connectivity index (χ1n) is 5.99. The number of aromatic nitrogens is 1. The average Bonchev–Trinajstić information content (AvgIpc) is 2.85. The van der Waals surface area contributed by atoms with Crippen LogP contribution in [0.25, 0.3) is 0 Å². The average molecular weight is 246 g/mol. The minimum Gasteiger partial charge on any atom is -0.306 e. The first kappa shape index (κ1) is 12.3. The lowest BCUT2D eigenvalue weighted by atomic mass is 10.0. The SMILES string of the molecule is CCCNC(c1ccc(C)cc1)c1cncs1. The highest BCUT2D eigenvalue weighted by atomic mass is 32.1. The van der Waals surface area contributed by atoms with Crippen molar-refractivity contribution in [2.45, 2.75) is 26.3 Å². The van der Waals surface area contributed by atoms with Crippen LogP contribution in [0.2, 0.25) is 0 Å². The highest BCUT2D eigenvalue weighted by Gasteiger charge is 2.14. The van der Waals surface area contributed by atoms with Crippen molar-refractivity contribution < 1.29 is 0 Å². The number of nitrogens with one attached hydrogen (secondary N) is 1. The van der Waals surface area contributed by atoms with Crippen LogP contribution in [0.4, 0.5) is 0 Å². The quantitative estimate of drug-likeness (QED) is 0.873. The summed E-state index contributed by atoms with van der Waals surface area (Å²) in [6.45, 7) is 5.33. The Balaban J connectivity index is 2.23. The normalized spacial score (nSPS) is 12.6. The van der Waals surface area contributed by atoms with Gasteiger partial charge in [0.25, 0.3) is 0 Å². The Hall–Kier alpha value is -1.19. The molecule has 1 N–H and O–H groups in total. The van der Waals surface area contributed by atoms with Gasteiger partial charge in [-0.15, -0.1) is 11.3 Å². The lowest BCUT2D eigenvalue weighted by Gasteiger charge is -2.17. The first-order valence-corrected chi connectivity index (χ1v) is 6.87. The number of rotatable bonds is 5. The molecule has 0 fully saturated rings. The summed E-state index contributed by atoms with van der Waals surface area (Å²) in [5.41, 5.74) is 4.50. The van der Waals surface area contributed by atoms with Gasteiger partial charge in [-0.1, -0.05) is 36.8 Å². The van der Waals surface area contributed by atoms with Gasteiger partial charge in [0.2, 0.25) is 0 Å². The minimum absolute atomic E-state index is 0.281. The molecule has 1 atom stereocenters. The molecule has 3 heteroatoms. The predicted octanol–water partition coefficient (Wildman–Crippen LogP) is 3.54. The zero-order valence-electron chi connectivity index (χ0n) is 10.3. The van der Waals surface area contributed by atoms with E-state index in [1.807, 2.05) is 11.7 Å². The molecule has 0 aliphatic carbocycles. The molecular formula is C14H18N2S. The summed E-state index contributed by atoms with van der Waals surface area (Å²) in [7, 11) is 0. The van der Waals surface area contributed by atoms with Gasteiger partial charge in [0, 0.05) is 11.1 Å². The third kappa shape index (κ3) is 3.14. The van der Waals surface area contributed by atoms with Gasteiger partial charge in [-0.25, -0.2) is 0 Å². The van der Waals surface area contributed by atoms with E-state index >= 15 is 0 Å². The van der Waals surface area contributed by atoms with Crippen LogP contribution in [0.1, 0.15) is 35.4 Å². The van der Waals surface area contributed by atoms with E-state index in [0.717, 1.165) is 13.0 Å². The van der Waals surface area contributed by atoms with Gasteiger partial charge in [0.1, 0.15) is 0 Å². The van der Waals surface area contributed by atoms with Crippen molar-refractivity contribution in [3.8, 4) is 0 Å². The van der Waals surface area contributed by atoms with Crippen molar-refractivity contribution in [2.75, 3.05) is 6.54 Å². The maximum atomic E-state index is 4.17. The van der Waals surface area contributed by atoms with Crippen molar-refractivity contribution >= 4 is 11.3 Å². The van der Waals surface area contributed by atoms with Gasteiger partial charge >= 0.3 is 0 Å². The lowest BCUT2D eigenvalue weighted by molar-refractivity contribution is 0.605. The van der Waals surface area contributed by atoms with Crippen LogP contribution in [-0.4, -0.2) is 11.5 Å². The van der Waals surface area contributed by atoms with E-state index in [1.54, 1.807) is 11.3 Å². The zero-order valence-corrected chi connectivity index (χ0v) is 11.1. The maximum absolute atomic E-state index is 4.17. The number of hydrogen-bond donors (Lipinski definition) is 1. The van der Waals surface area contributed by atoms with Gasteiger partial charge in [0.15, 0.2) is 0 Å². The molecule has 0 amide bonds. The van der Waals surface area contributed by atoms with Gasteiger partial charge < -0.3 is 5.32 Å². The summed E-state index contributed by atoms with van der Waals surface area (Å²) in [6, 6.07) is 9.00. The summed E-state index contributed by atoms with van der Waals surface area (Å²) in [4.78, 5) is 5.45. The number of thiazole rings is 1. The molecule has 0 radical (unpaired) electrons. The topological polar surface area (TPSA) is 24.9 Å². The molecule has 2 rings (SSSR count). The van der Waals surface area contributed by atoms with Crippen LogP contribution in [0, 0.1) is 6.92 Å². The van der Waals surface area contributed by atoms with Crippen molar-refractivity contribution in [1.82, 2.24) is 10.3 Å². The number of aryl methyl sites for hydroxylation is 1. The van der Waals surface area contributed by atoms with Crippen LogP contribution >= 0.6 is 11.3 Å². The number of hydrogen-bond acceptors (Lipinski definition) is 3. The van der Waals surface area contributed by atoms with E-state index in [9.17, 15) is 0 Å². The van der Waals surface area contributed by atoms with E-state index in [4.69, 9.17) is 0 Å². The van der Waals surface area contributed by atoms with E-state index in [1.165, 1.54) is 16.0 Å². The number of benzene rings is 1. The fourth-order valence-electron chi connectivity index (χ4n) is 1.80. The summed E-state index contributed by atoms with van der Waals surface area (Å²) in [5, 5.41) is 3.58. The Morgan fingerprint density at radius 2 is 2.06 bits per heavy atom. The van der Waals surface area contributed by atoms with Gasteiger partial charge in [-0.2, -0.15) is 0 Å². The molecule has 1 aromatic heterocycles. The Bertz CT molecular complexity index is 434. The molecule has 1 aromatic carbocycles. The molecule has 0 saturated heterocycles. The van der Waals surface area contributed by atoms with Crippen LogP contribution < -0.4 is 5.32 Å². The molecule has 0 bridgehead atoms. The van der Waals surface area contributed by atoms with E-state index in [2.05, 4.69) is 48.4 Å². The molecule has 1 unspecified atom stereocenters. The monoisotopic (exact) mass is 246 g/mol. The predicted molar refractivity (Wildman–Crippen MR) is 73.4 cm³/mol. The van der Waals surface area contributed by atoms with E-state index in [0.29, 0.717) is 0 Å². The van der Waals surface area contributed by atoms with Crippen molar-refractivity contribution in [3.63, 3.8) is 0 Å². The molecule has 0 spiro atoms. The first-order chi connectivity index (χ1) is 8.31. The molecule has 90 valence electrons. The standard InChI is InChI=1S/C14H18N2S/c1-3-8-16-14(13-9-15-10-17-13)12-6-4-11(2)5-7-12/h4-7,9-10,14,16H,3,8H2,1-2H3. The Morgan fingerprint density at radius 3 is 2.65 bits per heavy atom. The van der Waals surface area contributed by atoms with Crippen molar-refractivity contribution in [1.29, 1.82) is 0 Å². The molecule has 0 aliphatic rings. The molecule has 0 aliphatic heterocycles. The second-order valence-electron chi connectivity index (χ2n) is 4.20. The molecule has 2 nitrogen and oxygen atoms in total. The summed E-state index contributed by atoms with van der Waals surface area (Å²) < 4.78 is 0. The Morgan fingerprint density at radius 1 is 1.29 bits per heavy atom. The maximum Gasteiger partial charge on any atom is 0.0794 e. The fourth-order valence-corrected chi connectivity index (χ4v) is 2.52.